The Labute approximate surface area is 94.5 Å². The first-order valence-electron chi connectivity index (χ1n) is 6.37. The molecular formula is C15H24. The van der Waals surface area contributed by atoms with Gasteiger partial charge in [-0.25, -0.2) is 0 Å². The molecule has 0 unspecified atom stereocenters. The summed E-state index contributed by atoms with van der Waals surface area (Å²) >= 11 is 0. The second kappa shape index (κ2) is 3.81. The Morgan fingerprint density at radius 2 is 2.20 bits per heavy atom. The van der Waals surface area contributed by atoms with Crippen molar-refractivity contribution >= 4 is 0 Å². The monoisotopic (exact) mass is 204 g/mol. The number of hydrogen-bond acceptors (Lipinski definition) is 0. The Kier molecular flexibility index (Phi) is 2.79. The summed E-state index contributed by atoms with van der Waals surface area (Å²) in [6, 6.07) is 0. The summed E-state index contributed by atoms with van der Waals surface area (Å²) in [6.07, 6.45) is 9.29. The molecule has 0 bridgehead atoms. The standard InChI is InChI=1S/C15H24/c1-11(2)14-6-5-13(4)15(14)9-7-12(3)8-10-15/h7,13-14H,1,5-6,8-10H2,2-4H3/t13-,14-,15+/m1/s1. The Morgan fingerprint density at radius 1 is 1.47 bits per heavy atom. The first-order valence-corrected chi connectivity index (χ1v) is 6.37. The van der Waals surface area contributed by atoms with Crippen molar-refractivity contribution in [2.75, 3.05) is 0 Å². The van der Waals surface area contributed by atoms with Crippen LogP contribution in [0.15, 0.2) is 23.8 Å². The third-order valence-electron chi connectivity index (χ3n) is 4.97. The van der Waals surface area contributed by atoms with E-state index in [4.69, 9.17) is 0 Å². The van der Waals surface area contributed by atoms with Crippen molar-refractivity contribution < 1.29 is 0 Å². The molecule has 3 atom stereocenters. The molecule has 0 saturated heterocycles. The van der Waals surface area contributed by atoms with E-state index in [0.29, 0.717) is 5.41 Å². The molecule has 2 rings (SSSR count). The molecular weight excluding hydrogens is 180 g/mol. The van der Waals surface area contributed by atoms with E-state index >= 15 is 0 Å². The van der Waals surface area contributed by atoms with E-state index in [1.54, 1.807) is 5.57 Å². The highest BCUT2D eigenvalue weighted by molar-refractivity contribution is 5.17. The van der Waals surface area contributed by atoms with Gasteiger partial charge in [0.15, 0.2) is 0 Å². The second-order valence-electron chi connectivity index (χ2n) is 5.87. The highest BCUT2D eigenvalue weighted by atomic mass is 14.5. The van der Waals surface area contributed by atoms with Crippen LogP contribution in [-0.4, -0.2) is 0 Å². The van der Waals surface area contributed by atoms with Crippen LogP contribution in [0.3, 0.4) is 0 Å². The van der Waals surface area contributed by atoms with Gasteiger partial charge in [0.25, 0.3) is 0 Å². The highest BCUT2D eigenvalue weighted by Crippen LogP contribution is 2.57. The topological polar surface area (TPSA) is 0 Å². The molecule has 1 fully saturated rings. The van der Waals surface area contributed by atoms with Gasteiger partial charge in [0.2, 0.25) is 0 Å². The van der Waals surface area contributed by atoms with Crippen molar-refractivity contribution in [3.8, 4) is 0 Å². The minimum atomic E-state index is 0.575. The lowest BCUT2D eigenvalue weighted by atomic mass is 9.63. The zero-order valence-electron chi connectivity index (χ0n) is 10.5. The van der Waals surface area contributed by atoms with Crippen LogP contribution in [0, 0.1) is 17.3 Å². The van der Waals surface area contributed by atoms with Crippen LogP contribution < -0.4 is 0 Å². The number of rotatable bonds is 1. The summed E-state index contributed by atoms with van der Waals surface area (Å²) in [5, 5.41) is 0. The average Bonchev–Trinajstić information content (AvgIpc) is 2.50. The normalized spacial score (nSPS) is 40.6. The predicted octanol–water partition coefficient (Wildman–Crippen LogP) is 4.73. The molecule has 1 spiro atoms. The quantitative estimate of drug-likeness (QED) is 0.542. The van der Waals surface area contributed by atoms with Crippen LogP contribution in [0.4, 0.5) is 0 Å². The van der Waals surface area contributed by atoms with Crippen molar-refractivity contribution in [1.29, 1.82) is 0 Å². The Balaban J connectivity index is 2.27. The molecule has 0 aromatic rings. The van der Waals surface area contributed by atoms with Crippen LogP contribution in [0.1, 0.15) is 52.9 Å². The van der Waals surface area contributed by atoms with Crippen molar-refractivity contribution in [2.45, 2.75) is 52.9 Å². The molecule has 1 saturated carbocycles. The molecule has 15 heavy (non-hydrogen) atoms. The van der Waals surface area contributed by atoms with Crippen LogP contribution in [-0.2, 0) is 0 Å². The van der Waals surface area contributed by atoms with Crippen LogP contribution >= 0.6 is 0 Å². The maximum absolute atomic E-state index is 4.22. The van der Waals surface area contributed by atoms with Gasteiger partial charge < -0.3 is 0 Å². The van der Waals surface area contributed by atoms with Gasteiger partial charge in [0.1, 0.15) is 0 Å². The SMILES string of the molecule is C=C(C)[C@H]1CC[C@@H](C)[C@@]12CC=C(C)CC2. The Morgan fingerprint density at radius 3 is 2.73 bits per heavy atom. The van der Waals surface area contributed by atoms with Crippen LogP contribution in [0.25, 0.3) is 0 Å². The number of allylic oxidation sites excluding steroid dienone is 3. The average molecular weight is 204 g/mol. The summed E-state index contributed by atoms with van der Waals surface area (Å²) in [6.45, 7) is 11.2. The van der Waals surface area contributed by atoms with Gasteiger partial charge in [-0.15, -0.1) is 0 Å². The second-order valence-corrected chi connectivity index (χ2v) is 5.87. The van der Waals surface area contributed by atoms with E-state index in [9.17, 15) is 0 Å². The maximum atomic E-state index is 4.22. The summed E-state index contributed by atoms with van der Waals surface area (Å²) in [5.41, 5.74) is 3.60. The Hall–Kier alpha value is -0.520. The van der Waals surface area contributed by atoms with Gasteiger partial charge in [0, 0.05) is 0 Å². The molecule has 0 N–H and O–H groups in total. The molecule has 0 heteroatoms. The molecule has 0 aromatic carbocycles. The molecule has 0 nitrogen and oxygen atoms in total. The van der Waals surface area contributed by atoms with E-state index in [0.717, 1.165) is 11.8 Å². The van der Waals surface area contributed by atoms with Crippen molar-refractivity contribution in [3.05, 3.63) is 23.8 Å². The van der Waals surface area contributed by atoms with E-state index in [1.165, 1.54) is 37.7 Å². The smallest absolute Gasteiger partial charge is 0.0146 e. The van der Waals surface area contributed by atoms with E-state index in [-0.39, 0.29) is 0 Å². The molecule has 0 radical (unpaired) electrons. The van der Waals surface area contributed by atoms with Crippen LogP contribution in [0.2, 0.25) is 0 Å². The molecule has 0 amide bonds. The lowest BCUT2D eigenvalue weighted by molar-refractivity contribution is 0.142. The zero-order valence-corrected chi connectivity index (χ0v) is 10.5. The van der Waals surface area contributed by atoms with Gasteiger partial charge in [-0.05, 0) is 63.2 Å². The molecule has 84 valence electrons. The zero-order chi connectivity index (χ0) is 11.1. The molecule has 0 heterocycles. The first kappa shape index (κ1) is 11.0. The third-order valence-corrected chi connectivity index (χ3v) is 4.97. The molecule has 2 aliphatic rings. The summed E-state index contributed by atoms with van der Waals surface area (Å²) in [4.78, 5) is 0. The van der Waals surface area contributed by atoms with Crippen LogP contribution in [0.5, 0.6) is 0 Å². The summed E-state index contributed by atoms with van der Waals surface area (Å²) in [5.74, 6) is 1.68. The first-order chi connectivity index (χ1) is 7.06. The summed E-state index contributed by atoms with van der Waals surface area (Å²) in [7, 11) is 0. The van der Waals surface area contributed by atoms with Crippen molar-refractivity contribution in [1.82, 2.24) is 0 Å². The predicted molar refractivity (Wildman–Crippen MR) is 66.7 cm³/mol. The fourth-order valence-corrected chi connectivity index (χ4v) is 3.83. The minimum absolute atomic E-state index is 0.575. The number of hydrogen-bond donors (Lipinski definition) is 0. The minimum Gasteiger partial charge on any atom is -0.0998 e. The van der Waals surface area contributed by atoms with Gasteiger partial charge in [-0.1, -0.05) is 30.7 Å². The van der Waals surface area contributed by atoms with Crippen molar-refractivity contribution in [3.63, 3.8) is 0 Å². The van der Waals surface area contributed by atoms with Crippen molar-refractivity contribution in [2.24, 2.45) is 17.3 Å². The van der Waals surface area contributed by atoms with Gasteiger partial charge in [0.05, 0.1) is 0 Å². The van der Waals surface area contributed by atoms with E-state index in [2.05, 4.69) is 33.4 Å². The molecule has 0 aromatic heterocycles. The third kappa shape index (κ3) is 1.68. The highest BCUT2D eigenvalue weighted by Gasteiger charge is 2.47. The lowest BCUT2D eigenvalue weighted by Gasteiger charge is -2.42. The summed E-state index contributed by atoms with van der Waals surface area (Å²) < 4.78 is 0. The van der Waals surface area contributed by atoms with Gasteiger partial charge in [-0.3, -0.25) is 0 Å². The Bertz CT molecular complexity index is 297. The van der Waals surface area contributed by atoms with E-state index in [1.807, 2.05) is 0 Å². The fourth-order valence-electron chi connectivity index (χ4n) is 3.83. The lowest BCUT2D eigenvalue weighted by Crippen LogP contribution is -2.33. The van der Waals surface area contributed by atoms with E-state index < -0.39 is 0 Å². The largest absolute Gasteiger partial charge is 0.0998 e. The molecule has 0 aliphatic heterocycles. The fraction of sp³-hybridized carbons (Fsp3) is 0.733. The van der Waals surface area contributed by atoms with Gasteiger partial charge >= 0.3 is 0 Å². The van der Waals surface area contributed by atoms with Gasteiger partial charge in [-0.2, -0.15) is 0 Å². The maximum Gasteiger partial charge on any atom is -0.0146 e. The molecule has 2 aliphatic carbocycles.